The van der Waals surface area contributed by atoms with Crippen LogP contribution in [-0.2, 0) is 27.2 Å². The molecule has 6 bridgehead atoms. The number of piperidine rings is 2. The number of pyridine rings is 4. The number of fused-ring (bicyclic) bond motifs is 15. The van der Waals surface area contributed by atoms with Crippen LogP contribution in [0.15, 0.2) is 121 Å². The van der Waals surface area contributed by atoms with Crippen LogP contribution in [0.5, 0.6) is 0 Å². The van der Waals surface area contributed by atoms with Crippen molar-refractivity contribution in [2.24, 2.45) is 23.7 Å². The molecule has 0 spiro atoms. The molecule has 31 nitrogen and oxygen atoms in total. The highest BCUT2D eigenvalue weighted by molar-refractivity contribution is 6.21. The van der Waals surface area contributed by atoms with Gasteiger partial charge in [-0.3, -0.25) is 39.5 Å². The van der Waals surface area contributed by atoms with Gasteiger partial charge in [-0.1, -0.05) is 79.8 Å². The molecule has 2 aromatic carbocycles. The summed E-state index contributed by atoms with van der Waals surface area (Å²) in [5, 5.41) is 23.4. The Morgan fingerprint density at radius 3 is 1.66 bits per heavy atom. The number of carbonyl (C=O) groups is 6. The van der Waals surface area contributed by atoms with E-state index in [0.29, 0.717) is 124 Å². The lowest BCUT2D eigenvalue weighted by Crippen LogP contribution is -2.80. The molecule has 134 heavy (non-hydrogen) atoms. The molecule has 7 saturated heterocycles. The maximum Gasteiger partial charge on any atom is 0.355 e. The molecule has 8 fully saturated rings. The van der Waals surface area contributed by atoms with Crippen LogP contribution in [-0.4, -0.2) is 258 Å². The van der Waals surface area contributed by atoms with Gasteiger partial charge in [0.15, 0.2) is 22.9 Å². The molecule has 10 aliphatic rings. The highest BCUT2D eigenvalue weighted by Crippen LogP contribution is 2.46. The standard InChI is InChI=1S/C33H34F2N8O3.C32H53ClFN7O2.C32H32F2N8O3/c1-6-25(44)41-14-15-42(19(4)17-41)30-21-16-23(35)28-26-22(34)8-7-9-24(26)40(5)32(45)37-13-11-20-10-12-36-27(18(2)3)29(20)43(31(21)38-28)33(46)39-30;1-5-25(42)39-14-15-40(19(4)17-39)30-21-16-23(34)28-26-22(33)9-6-10-24(26)35-12-7-8-20-11-13-36-27(18(2)3)29(20)41(31(21)37-28)32(43)38-30;1-5-24(43)40-13-14-41(18(4)16-40)29-20-15-22(34)27-25-21(33)7-6-8-23(25)37-31(44)36-12-10-19-9-11-35-26(17(2)3)28(19)42(30(20)38-27)32(45)39-29/h6-10,12,16,18-19H,1,11,13-15,17H2,2-5H3,(H,37,45);5,18-24,26-31,35-37H,1,6-17H2,2-4H3,(H,38,43);5-9,11,15,17-18H,1,10,12-14,16H2,2-4H3,(H2,36,37,44)/t19-;19-,20?,21?,22?,23?,24?,26?,27?,28?,29?,30?,31?;18-/m000/s1. The quantitative estimate of drug-likeness (QED) is 0.0401. The summed E-state index contributed by atoms with van der Waals surface area (Å²) in [4.78, 5) is 148. The van der Waals surface area contributed by atoms with Gasteiger partial charge in [0.05, 0.1) is 74.4 Å². The number of aromatic nitrogens is 8. The highest BCUT2D eigenvalue weighted by Gasteiger charge is 2.58. The Morgan fingerprint density at radius 2 is 1.11 bits per heavy atom. The van der Waals surface area contributed by atoms with E-state index in [-0.39, 0.29) is 182 Å². The first-order valence-corrected chi connectivity index (χ1v) is 47.2. The average Bonchev–Trinajstić information content (AvgIpc) is 0.893. The molecule has 9 amide bonds. The second-order valence-corrected chi connectivity index (χ2v) is 38.2. The highest BCUT2D eigenvalue weighted by atomic mass is 35.5. The summed E-state index contributed by atoms with van der Waals surface area (Å²) in [7, 11) is 1.47. The fourth-order valence-corrected chi connectivity index (χ4v) is 22.4. The summed E-state index contributed by atoms with van der Waals surface area (Å²) < 4.78 is 83.0. The number of amides is 9. The Balaban J connectivity index is 0.000000146. The van der Waals surface area contributed by atoms with E-state index in [2.05, 4.69) is 112 Å². The number of halogens is 6. The number of urea groups is 3. The van der Waals surface area contributed by atoms with Gasteiger partial charge in [-0.25, -0.2) is 65.0 Å². The predicted molar refractivity (Wildman–Crippen MR) is 505 cm³/mol. The summed E-state index contributed by atoms with van der Waals surface area (Å²) in [6.07, 6.45) is 12.6. The molecule has 11 unspecified atom stereocenters. The molecule has 37 heteroatoms. The van der Waals surface area contributed by atoms with Crippen molar-refractivity contribution < 1.29 is 50.7 Å². The lowest BCUT2D eigenvalue weighted by molar-refractivity contribution is -0.132. The number of hydrogen-bond donors (Lipinski definition) is 7. The molecule has 6 aromatic heterocycles. The first-order chi connectivity index (χ1) is 64.3. The van der Waals surface area contributed by atoms with E-state index >= 15 is 22.0 Å². The van der Waals surface area contributed by atoms with Crippen LogP contribution in [0.2, 0.25) is 0 Å². The maximum atomic E-state index is 16.6. The number of hydrogen-bond acceptors (Lipinski definition) is 20. The number of nitrogens with zero attached hydrogens (tertiary/aromatic N) is 16. The molecule has 15 heterocycles. The molecule has 0 radical (unpaired) electrons. The van der Waals surface area contributed by atoms with E-state index < -0.39 is 58.9 Å². The van der Waals surface area contributed by atoms with Crippen molar-refractivity contribution in [1.29, 1.82) is 0 Å². The smallest absolute Gasteiger partial charge is 0.350 e. The molecule has 7 N–H and O–H groups in total. The van der Waals surface area contributed by atoms with E-state index in [1.165, 1.54) is 81.8 Å². The molecule has 9 aliphatic heterocycles. The van der Waals surface area contributed by atoms with Crippen molar-refractivity contribution in [2.45, 2.75) is 198 Å². The van der Waals surface area contributed by atoms with Crippen LogP contribution in [0.25, 0.3) is 56.0 Å². The SMILES string of the molecule is C=CC(=O)N1CCN(C2NC(=O)N3C4NC(C(F)CC42)C2C(Cl)CCCC2NCCCC2CCNC(C(C)C)C23)[C@@H](C)C1.C=CC(=O)N1CCN(c2nc(=O)n3c4nc(c(F)cc24)-c2c(F)cccc2N(C)C(=O)NCCc2ccnc(C(C)C)c2-3)[C@@H](C)C1.C=CC(=O)N1CCN(c2nc(=O)n3c4nc(c(F)cc24)-c2c(F)cccc2NC(=O)NCCc2ccnc(C(C)C)c2-3)[C@@H](C)C1. The van der Waals surface area contributed by atoms with Gasteiger partial charge in [-0.2, -0.15) is 9.97 Å². The molecule has 1 saturated carbocycles. The van der Waals surface area contributed by atoms with Gasteiger partial charge in [-0.15, -0.1) is 11.6 Å². The first kappa shape index (κ1) is 95.3. The van der Waals surface area contributed by atoms with Gasteiger partial charge >= 0.3 is 29.5 Å². The van der Waals surface area contributed by atoms with Crippen molar-refractivity contribution in [2.75, 3.05) is 112 Å². The van der Waals surface area contributed by atoms with Crippen LogP contribution in [0.1, 0.15) is 142 Å². The zero-order valence-corrected chi connectivity index (χ0v) is 78.1. The van der Waals surface area contributed by atoms with Crippen molar-refractivity contribution in [1.82, 2.24) is 95.4 Å². The number of anilines is 4. The summed E-state index contributed by atoms with van der Waals surface area (Å²) in [6.45, 7) is 34.8. The van der Waals surface area contributed by atoms with Crippen LogP contribution in [0.4, 0.5) is 59.3 Å². The first-order valence-electron chi connectivity index (χ1n) is 46.8. The maximum absolute atomic E-state index is 16.6. The molecule has 1 aliphatic carbocycles. The normalized spacial score (nSPS) is 25.6. The Labute approximate surface area is 780 Å². The lowest BCUT2D eigenvalue weighted by atomic mass is 9.72. The van der Waals surface area contributed by atoms with E-state index in [4.69, 9.17) is 16.6 Å². The van der Waals surface area contributed by atoms with E-state index in [9.17, 15) is 38.4 Å². The Kier molecular flexibility index (Phi) is 28.4. The van der Waals surface area contributed by atoms with Crippen LogP contribution >= 0.6 is 11.6 Å². The molecule has 18 rings (SSSR count). The molecule has 712 valence electrons. The predicted octanol–water partition coefficient (Wildman–Crippen LogP) is 11.2. The minimum atomic E-state index is -1.07. The second kappa shape index (κ2) is 40.0. The van der Waals surface area contributed by atoms with E-state index in [1.807, 2.05) is 56.2 Å². The van der Waals surface area contributed by atoms with Crippen LogP contribution < -0.4 is 63.3 Å². The number of piperazine rings is 3. The molecular weight excluding hydrogens is 1750 g/mol. The average molecular weight is 1870 g/mol. The zero-order chi connectivity index (χ0) is 95.3. The molecule has 14 atom stereocenters. The van der Waals surface area contributed by atoms with Crippen LogP contribution in [0.3, 0.4) is 0 Å². The minimum absolute atomic E-state index is 0.0133. The number of benzene rings is 2. The third-order valence-corrected chi connectivity index (χ3v) is 28.9. The van der Waals surface area contributed by atoms with Crippen molar-refractivity contribution >= 4 is 92.5 Å². The minimum Gasteiger partial charge on any atom is -0.350 e. The van der Waals surface area contributed by atoms with Crippen molar-refractivity contribution in [3.8, 4) is 33.9 Å². The number of alkyl halides is 2. The summed E-state index contributed by atoms with van der Waals surface area (Å²) in [5.41, 5.74) is 1.05. The Hall–Kier alpha value is -11.9. The third-order valence-electron chi connectivity index (χ3n) is 28.4. The van der Waals surface area contributed by atoms with Gasteiger partial charge in [0.2, 0.25) is 17.7 Å². The van der Waals surface area contributed by atoms with Gasteiger partial charge in [0.25, 0.3) is 0 Å². The number of carbonyl (C=O) groups excluding carboxylic acids is 6. The monoisotopic (exact) mass is 1860 g/mol. The van der Waals surface area contributed by atoms with Gasteiger partial charge in [-0.05, 0) is 187 Å². The number of nitrogens with one attached hydrogen (secondary N) is 7. The summed E-state index contributed by atoms with van der Waals surface area (Å²) in [6, 6.07) is 12.2. The number of rotatable bonds is 9. The second-order valence-electron chi connectivity index (χ2n) is 37.7. The van der Waals surface area contributed by atoms with Gasteiger partial charge in [0, 0.05) is 145 Å². The van der Waals surface area contributed by atoms with Gasteiger partial charge < -0.3 is 61.3 Å². The zero-order valence-electron chi connectivity index (χ0n) is 77.3. The fraction of sp³-hybridized carbons (Fsp3) is 0.505. The van der Waals surface area contributed by atoms with Crippen molar-refractivity contribution in [3.05, 3.63) is 178 Å². The molecule has 8 aromatic rings. The Bertz CT molecular complexity index is 6020. The van der Waals surface area contributed by atoms with Gasteiger partial charge in [0.1, 0.15) is 40.8 Å². The van der Waals surface area contributed by atoms with Crippen LogP contribution in [0, 0.1) is 46.9 Å². The topological polar surface area (TPSA) is 334 Å². The molecular formula is C97H119ClF5N23O8. The lowest BCUT2D eigenvalue weighted by Gasteiger charge is -2.60. The van der Waals surface area contributed by atoms with E-state index in [1.54, 1.807) is 34.3 Å². The van der Waals surface area contributed by atoms with E-state index in [0.717, 1.165) is 57.7 Å². The summed E-state index contributed by atoms with van der Waals surface area (Å²) in [5.74, 6) is -3.15. The van der Waals surface area contributed by atoms with Crippen molar-refractivity contribution in [3.63, 3.8) is 0 Å². The third kappa shape index (κ3) is 18.4. The Morgan fingerprint density at radius 1 is 0.575 bits per heavy atom. The largest absolute Gasteiger partial charge is 0.355 e. The fourth-order valence-electron chi connectivity index (χ4n) is 21.9. The summed E-state index contributed by atoms with van der Waals surface area (Å²) >= 11 is 7.04.